The highest BCUT2D eigenvalue weighted by Crippen LogP contribution is 2.40. The van der Waals surface area contributed by atoms with Crippen LogP contribution in [0.1, 0.15) is 23.2 Å². The highest BCUT2D eigenvalue weighted by Gasteiger charge is 2.42. The van der Waals surface area contributed by atoms with Gasteiger partial charge in [-0.3, -0.25) is 4.79 Å². The highest BCUT2D eigenvalue weighted by atomic mass is 19.1. The Morgan fingerprint density at radius 2 is 2.17 bits per heavy atom. The quantitative estimate of drug-likeness (QED) is 0.813. The average Bonchev–Trinajstić information content (AvgIpc) is 2.92. The summed E-state index contributed by atoms with van der Waals surface area (Å²) in [6.07, 6.45) is 2.40. The maximum atomic E-state index is 13.1. The summed E-state index contributed by atoms with van der Waals surface area (Å²) in [4.78, 5) is 13.1. The van der Waals surface area contributed by atoms with Crippen LogP contribution < -0.4 is 4.90 Å². The van der Waals surface area contributed by atoms with E-state index in [4.69, 9.17) is 0 Å². The van der Waals surface area contributed by atoms with Crippen LogP contribution in [0.4, 0.5) is 10.1 Å². The van der Waals surface area contributed by atoms with E-state index in [0.29, 0.717) is 23.7 Å². The molecule has 0 amide bonds. The van der Waals surface area contributed by atoms with Gasteiger partial charge in [0.2, 0.25) is 0 Å². The van der Waals surface area contributed by atoms with Crippen molar-refractivity contribution in [3.63, 3.8) is 0 Å². The van der Waals surface area contributed by atoms with Crippen LogP contribution in [0.2, 0.25) is 0 Å². The molecule has 4 heteroatoms. The van der Waals surface area contributed by atoms with Crippen LogP contribution in [-0.4, -0.2) is 30.6 Å². The zero-order chi connectivity index (χ0) is 12.7. The van der Waals surface area contributed by atoms with E-state index in [1.54, 1.807) is 6.07 Å². The van der Waals surface area contributed by atoms with E-state index in [0.717, 1.165) is 31.6 Å². The van der Waals surface area contributed by atoms with Crippen molar-refractivity contribution in [1.29, 1.82) is 0 Å². The Kier molecular flexibility index (Phi) is 2.82. The fourth-order valence-electron chi connectivity index (χ4n) is 3.34. The molecule has 18 heavy (non-hydrogen) atoms. The number of fused-ring (bicyclic) bond motifs is 1. The number of halogens is 1. The Hall–Kier alpha value is -1.42. The molecule has 0 aromatic heterocycles. The lowest BCUT2D eigenvalue weighted by atomic mass is 10.00. The van der Waals surface area contributed by atoms with E-state index in [-0.39, 0.29) is 11.9 Å². The average molecular weight is 249 g/mol. The summed E-state index contributed by atoms with van der Waals surface area (Å²) in [7, 11) is 0. The number of hydrogen-bond donors (Lipinski definition) is 1. The summed E-state index contributed by atoms with van der Waals surface area (Å²) in [6.45, 7) is 1.62. The minimum Gasteiger partial charge on any atom is -0.393 e. The van der Waals surface area contributed by atoms with Crippen molar-refractivity contribution in [2.75, 3.05) is 18.0 Å². The minimum absolute atomic E-state index is 0.222. The van der Waals surface area contributed by atoms with Gasteiger partial charge < -0.3 is 10.0 Å². The van der Waals surface area contributed by atoms with E-state index < -0.39 is 0 Å². The zero-order valence-electron chi connectivity index (χ0n) is 10.1. The fourth-order valence-corrected chi connectivity index (χ4v) is 3.34. The van der Waals surface area contributed by atoms with E-state index in [9.17, 15) is 14.3 Å². The zero-order valence-corrected chi connectivity index (χ0v) is 10.1. The number of hydrogen-bond acceptors (Lipinski definition) is 3. The van der Waals surface area contributed by atoms with Gasteiger partial charge in [-0.2, -0.15) is 0 Å². The van der Waals surface area contributed by atoms with Crippen LogP contribution in [0.5, 0.6) is 0 Å². The van der Waals surface area contributed by atoms with Crippen molar-refractivity contribution in [3.8, 4) is 0 Å². The van der Waals surface area contributed by atoms with Crippen LogP contribution >= 0.6 is 0 Å². The molecule has 0 bridgehead atoms. The third kappa shape index (κ3) is 1.81. The Morgan fingerprint density at radius 1 is 1.33 bits per heavy atom. The molecule has 1 saturated carbocycles. The van der Waals surface area contributed by atoms with Crippen molar-refractivity contribution in [1.82, 2.24) is 0 Å². The summed E-state index contributed by atoms with van der Waals surface area (Å²) >= 11 is 0. The fraction of sp³-hybridized carbons (Fsp3) is 0.500. The lowest BCUT2D eigenvalue weighted by Crippen LogP contribution is -2.25. The molecule has 0 spiro atoms. The van der Waals surface area contributed by atoms with Crippen molar-refractivity contribution in [3.05, 3.63) is 29.6 Å². The molecule has 2 fully saturated rings. The first-order valence-electron chi connectivity index (χ1n) is 6.37. The standard InChI is InChI=1S/C14H16FNO2/c15-11-2-3-13(10(5-11)8-17)16-6-9-1-4-14(18)12(9)7-16/h2-3,5,8-9,12,14,18H,1,4,6-7H2. The molecular formula is C14H16FNO2. The largest absolute Gasteiger partial charge is 0.393 e. The van der Waals surface area contributed by atoms with E-state index >= 15 is 0 Å². The van der Waals surface area contributed by atoms with Crippen LogP contribution in [0, 0.1) is 17.7 Å². The number of aldehydes is 1. The molecule has 1 N–H and O–H groups in total. The SMILES string of the molecule is O=Cc1cc(F)ccc1N1CC2CCC(O)C2C1. The van der Waals surface area contributed by atoms with Gasteiger partial charge in [0, 0.05) is 30.3 Å². The topological polar surface area (TPSA) is 40.5 Å². The van der Waals surface area contributed by atoms with E-state index in [1.165, 1.54) is 12.1 Å². The van der Waals surface area contributed by atoms with Gasteiger partial charge in [0.25, 0.3) is 0 Å². The molecule has 1 aromatic carbocycles. The Labute approximate surface area is 105 Å². The van der Waals surface area contributed by atoms with E-state index in [2.05, 4.69) is 4.90 Å². The summed E-state index contributed by atoms with van der Waals surface area (Å²) < 4.78 is 13.1. The van der Waals surface area contributed by atoms with Gasteiger partial charge in [-0.1, -0.05) is 0 Å². The summed E-state index contributed by atoms with van der Waals surface area (Å²) in [6, 6.07) is 4.31. The number of aliphatic hydroxyl groups is 1. The lowest BCUT2D eigenvalue weighted by Gasteiger charge is -2.22. The molecular weight excluding hydrogens is 233 g/mol. The molecule has 1 saturated heterocycles. The number of carbonyl (C=O) groups excluding carboxylic acids is 1. The predicted molar refractivity (Wildman–Crippen MR) is 66.2 cm³/mol. The lowest BCUT2D eigenvalue weighted by molar-refractivity contribution is 0.112. The van der Waals surface area contributed by atoms with Gasteiger partial charge in [-0.25, -0.2) is 4.39 Å². The first-order chi connectivity index (χ1) is 8.69. The van der Waals surface area contributed by atoms with Gasteiger partial charge in [-0.05, 0) is 37.0 Å². The number of carbonyl (C=O) groups is 1. The summed E-state index contributed by atoms with van der Waals surface area (Å²) in [5.74, 6) is 0.416. The van der Waals surface area contributed by atoms with Gasteiger partial charge in [0.1, 0.15) is 5.82 Å². The molecule has 2 aliphatic rings. The maximum Gasteiger partial charge on any atom is 0.152 e. The first-order valence-corrected chi connectivity index (χ1v) is 6.37. The first kappa shape index (κ1) is 11.7. The normalized spacial score (nSPS) is 30.6. The van der Waals surface area contributed by atoms with Crippen molar-refractivity contribution >= 4 is 12.0 Å². The van der Waals surface area contributed by atoms with Crippen LogP contribution in [-0.2, 0) is 0 Å². The molecule has 3 rings (SSSR count). The van der Waals surface area contributed by atoms with Gasteiger partial charge in [-0.15, -0.1) is 0 Å². The Balaban J connectivity index is 1.87. The smallest absolute Gasteiger partial charge is 0.152 e. The van der Waals surface area contributed by atoms with Gasteiger partial charge in [0.05, 0.1) is 6.10 Å². The second-order valence-electron chi connectivity index (χ2n) is 5.29. The predicted octanol–water partition coefficient (Wildman–Crippen LogP) is 1.85. The molecule has 1 heterocycles. The van der Waals surface area contributed by atoms with E-state index in [1.807, 2.05) is 0 Å². The summed E-state index contributed by atoms with van der Waals surface area (Å²) in [5.41, 5.74) is 1.18. The summed E-state index contributed by atoms with van der Waals surface area (Å²) in [5, 5.41) is 9.88. The van der Waals surface area contributed by atoms with Crippen LogP contribution in [0.15, 0.2) is 18.2 Å². The van der Waals surface area contributed by atoms with Gasteiger partial charge in [0.15, 0.2) is 6.29 Å². The Morgan fingerprint density at radius 3 is 2.89 bits per heavy atom. The molecule has 3 unspecified atom stereocenters. The Bertz CT molecular complexity index is 477. The third-order valence-corrected chi connectivity index (χ3v) is 4.28. The number of anilines is 1. The molecule has 0 radical (unpaired) electrons. The third-order valence-electron chi connectivity index (χ3n) is 4.28. The maximum absolute atomic E-state index is 13.1. The minimum atomic E-state index is -0.389. The number of nitrogens with zero attached hydrogens (tertiary/aromatic N) is 1. The molecule has 3 atom stereocenters. The molecule has 96 valence electrons. The highest BCUT2D eigenvalue weighted by molar-refractivity contribution is 5.84. The molecule has 1 aromatic rings. The molecule has 1 aliphatic heterocycles. The van der Waals surface area contributed by atoms with Crippen molar-refractivity contribution < 1.29 is 14.3 Å². The number of benzene rings is 1. The molecule has 3 nitrogen and oxygen atoms in total. The van der Waals surface area contributed by atoms with Gasteiger partial charge >= 0.3 is 0 Å². The van der Waals surface area contributed by atoms with Crippen LogP contribution in [0.25, 0.3) is 0 Å². The number of rotatable bonds is 2. The van der Waals surface area contributed by atoms with Crippen molar-refractivity contribution in [2.24, 2.45) is 11.8 Å². The molecule has 1 aliphatic carbocycles. The number of aliphatic hydroxyl groups excluding tert-OH is 1. The second kappa shape index (κ2) is 4.35. The second-order valence-corrected chi connectivity index (χ2v) is 5.29. The monoisotopic (exact) mass is 249 g/mol. The van der Waals surface area contributed by atoms with Crippen LogP contribution in [0.3, 0.4) is 0 Å². The van der Waals surface area contributed by atoms with Crippen molar-refractivity contribution in [2.45, 2.75) is 18.9 Å².